The van der Waals surface area contributed by atoms with Crippen LogP contribution in [0.1, 0.15) is 28.8 Å². The Labute approximate surface area is 124 Å². The van der Waals surface area contributed by atoms with Crippen LogP contribution in [0, 0.1) is 11.8 Å². The molecule has 0 aromatic heterocycles. The van der Waals surface area contributed by atoms with Crippen molar-refractivity contribution >= 4 is 15.7 Å². The summed E-state index contributed by atoms with van der Waals surface area (Å²) in [4.78, 5) is 12.1. The van der Waals surface area contributed by atoms with Gasteiger partial charge in [-0.05, 0) is 37.1 Å². The summed E-state index contributed by atoms with van der Waals surface area (Å²) in [6, 6.07) is 6.54. The maximum Gasteiger partial charge on any atom is 0.251 e. The fourth-order valence-corrected chi connectivity index (χ4v) is 3.90. The summed E-state index contributed by atoms with van der Waals surface area (Å²) in [5.74, 6) is 5.60. The van der Waals surface area contributed by atoms with E-state index in [1.165, 1.54) is 0 Å². The van der Waals surface area contributed by atoms with Gasteiger partial charge in [0.25, 0.3) is 5.91 Å². The number of carbonyl (C=O) groups excluding carboxylic acids is 1. The average molecular weight is 306 g/mol. The predicted molar refractivity (Wildman–Crippen MR) is 81.5 cm³/mol. The van der Waals surface area contributed by atoms with E-state index >= 15 is 0 Å². The fraction of sp³-hybridized carbons (Fsp3) is 0.400. The Morgan fingerprint density at radius 2 is 2.05 bits per heavy atom. The van der Waals surface area contributed by atoms with Gasteiger partial charge in [0.05, 0.1) is 18.1 Å². The highest BCUT2D eigenvalue weighted by atomic mass is 32.2. The zero-order valence-corrected chi connectivity index (χ0v) is 12.4. The van der Waals surface area contributed by atoms with Crippen LogP contribution >= 0.6 is 0 Å². The maximum absolute atomic E-state index is 12.1. The summed E-state index contributed by atoms with van der Waals surface area (Å²) in [6.07, 6.45) is 1.30. The molecule has 3 N–H and O–H groups in total. The Hall–Kier alpha value is -1.84. The van der Waals surface area contributed by atoms with Gasteiger partial charge in [-0.3, -0.25) is 4.79 Å². The van der Waals surface area contributed by atoms with E-state index in [0.29, 0.717) is 24.9 Å². The van der Waals surface area contributed by atoms with Crippen LogP contribution in [0.4, 0.5) is 0 Å². The van der Waals surface area contributed by atoms with Crippen LogP contribution in [-0.2, 0) is 9.84 Å². The van der Waals surface area contributed by atoms with Gasteiger partial charge in [-0.2, -0.15) is 0 Å². The number of carbonyl (C=O) groups is 1. The Morgan fingerprint density at radius 1 is 1.33 bits per heavy atom. The van der Waals surface area contributed by atoms with Crippen molar-refractivity contribution in [1.82, 2.24) is 5.32 Å². The molecule has 0 saturated carbocycles. The van der Waals surface area contributed by atoms with Gasteiger partial charge in [0, 0.05) is 17.2 Å². The van der Waals surface area contributed by atoms with E-state index in [4.69, 9.17) is 5.73 Å². The smallest absolute Gasteiger partial charge is 0.251 e. The van der Waals surface area contributed by atoms with Gasteiger partial charge in [-0.1, -0.05) is 11.8 Å². The van der Waals surface area contributed by atoms with Crippen molar-refractivity contribution in [1.29, 1.82) is 0 Å². The first-order chi connectivity index (χ1) is 10.00. The van der Waals surface area contributed by atoms with Crippen LogP contribution in [-0.4, -0.2) is 38.4 Å². The van der Waals surface area contributed by atoms with Gasteiger partial charge in [0.15, 0.2) is 9.84 Å². The Kier molecular flexibility index (Phi) is 4.99. The second kappa shape index (κ2) is 6.74. The minimum Gasteiger partial charge on any atom is -0.348 e. The summed E-state index contributed by atoms with van der Waals surface area (Å²) >= 11 is 0. The van der Waals surface area contributed by atoms with Crippen molar-refractivity contribution in [2.45, 2.75) is 18.9 Å². The second-order valence-electron chi connectivity index (χ2n) is 5.01. The van der Waals surface area contributed by atoms with E-state index in [0.717, 1.165) is 5.56 Å². The third-order valence-corrected chi connectivity index (χ3v) is 5.10. The lowest BCUT2D eigenvalue weighted by atomic mass is 10.1. The van der Waals surface area contributed by atoms with Crippen LogP contribution in [0.5, 0.6) is 0 Å². The zero-order chi connectivity index (χ0) is 15.3. The zero-order valence-electron chi connectivity index (χ0n) is 11.6. The third kappa shape index (κ3) is 4.59. The Morgan fingerprint density at radius 3 is 2.67 bits per heavy atom. The highest BCUT2D eigenvalue weighted by Crippen LogP contribution is 2.13. The molecule has 1 aromatic carbocycles. The molecule has 1 saturated heterocycles. The number of rotatable bonds is 2. The molecule has 1 unspecified atom stereocenters. The molecule has 1 heterocycles. The molecule has 1 aromatic rings. The summed E-state index contributed by atoms with van der Waals surface area (Å²) in [5, 5.41) is 2.78. The van der Waals surface area contributed by atoms with E-state index in [1.54, 1.807) is 24.3 Å². The molecule has 0 bridgehead atoms. The highest BCUT2D eigenvalue weighted by molar-refractivity contribution is 7.91. The van der Waals surface area contributed by atoms with Gasteiger partial charge in [0.1, 0.15) is 0 Å². The molecular weight excluding hydrogens is 288 g/mol. The number of nitrogens with one attached hydrogen (secondary N) is 1. The molecule has 5 nitrogen and oxygen atoms in total. The van der Waals surface area contributed by atoms with E-state index in [1.807, 2.05) is 0 Å². The maximum atomic E-state index is 12.1. The lowest BCUT2D eigenvalue weighted by molar-refractivity contribution is 0.0938. The largest absolute Gasteiger partial charge is 0.348 e. The normalized spacial score (nSPS) is 20.1. The molecular formula is C15H18N2O3S. The molecule has 6 heteroatoms. The molecule has 1 amide bonds. The number of benzene rings is 1. The van der Waals surface area contributed by atoms with Crippen LogP contribution in [0.2, 0.25) is 0 Å². The third-order valence-electron chi connectivity index (χ3n) is 3.28. The van der Waals surface area contributed by atoms with Crippen molar-refractivity contribution in [2.75, 3.05) is 18.1 Å². The SMILES string of the molecule is NCC#Cc1ccc(C(=O)NC2CCCS(=O)(=O)C2)cc1. The number of amides is 1. The highest BCUT2D eigenvalue weighted by Gasteiger charge is 2.26. The van der Waals surface area contributed by atoms with Crippen molar-refractivity contribution in [2.24, 2.45) is 5.73 Å². The quantitative estimate of drug-likeness (QED) is 0.769. The number of hydrogen-bond donors (Lipinski definition) is 2. The molecule has 1 atom stereocenters. The van der Waals surface area contributed by atoms with Crippen molar-refractivity contribution in [3.63, 3.8) is 0 Å². The average Bonchev–Trinajstić information content (AvgIpc) is 2.44. The standard InChI is InChI=1S/C15H18N2O3S/c16-9-1-3-12-5-7-13(8-6-12)15(18)17-14-4-2-10-21(19,20)11-14/h5-8,14H,2,4,9-11,16H2,(H,17,18). The summed E-state index contributed by atoms with van der Waals surface area (Å²) in [7, 11) is -3.02. The summed E-state index contributed by atoms with van der Waals surface area (Å²) < 4.78 is 23.1. The first-order valence-corrected chi connectivity index (χ1v) is 8.62. The molecule has 112 valence electrons. The first kappa shape index (κ1) is 15.5. The number of sulfone groups is 1. The van der Waals surface area contributed by atoms with Crippen LogP contribution in [0.3, 0.4) is 0 Å². The predicted octanol–water partition coefficient (Wildman–Crippen LogP) is 0.304. The Bertz CT molecular complexity index is 669. The van der Waals surface area contributed by atoms with Gasteiger partial charge < -0.3 is 11.1 Å². The minimum absolute atomic E-state index is 0.0266. The minimum atomic E-state index is -3.02. The lowest BCUT2D eigenvalue weighted by Crippen LogP contribution is -2.43. The van der Waals surface area contributed by atoms with Crippen molar-refractivity contribution in [3.8, 4) is 11.8 Å². The topological polar surface area (TPSA) is 89.3 Å². The van der Waals surface area contributed by atoms with E-state index in [9.17, 15) is 13.2 Å². The molecule has 0 radical (unpaired) electrons. The molecule has 21 heavy (non-hydrogen) atoms. The number of hydrogen-bond acceptors (Lipinski definition) is 4. The monoisotopic (exact) mass is 306 g/mol. The van der Waals surface area contributed by atoms with Gasteiger partial charge in [0.2, 0.25) is 0 Å². The van der Waals surface area contributed by atoms with Gasteiger partial charge in [-0.25, -0.2) is 8.42 Å². The summed E-state index contributed by atoms with van der Waals surface area (Å²) in [5.41, 5.74) is 6.58. The van der Waals surface area contributed by atoms with Crippen molar-refractivity contribution in [3.05, 3.63) is 35.4 Å². The molecule has 2 rings (SSSR count). The van der Waals surface area contributed by atoms with Crippen LogP contribution in [0.25, 0.3) is 0 Å². The summed E-state index contributed by atoms with van der Waals surface area (Å²) in [6.45, 7) is 0.290. The van der Waals surface area contributed by atoms with E-state index in [2.05, 4.69) is 17.2 Å². The molecule has 0 aliphatic carbocycles. The van der Waals surface area contributed by atoms with Gasteiger partial charge >= 0.3 is 0 Å². The second-order valence-corrected chi connectivity index (χ2v) is 7.24. The van der Waals surface area contributed by atoms with Gasteiger partial charge in [-0.15, -0.1) is 0 Å². The number of nitrogens with two attached hydrogens (primary N) is 1. The van der Waals surface area contributed by atoms with Crippen LogP contribution in [0.15, 0.2) is 24.3 Å². The molecule has 1 aliphatic heterocycles. The van der Waals surface area contributed by atoms with Crippen molar-refractivity contribution < 1.29 is 13.2 Å². The lowest BCUT2D eigenvalue weighted by Gasteiger charge is -2.23. The van der Waals surface area contributed by atoms with E-state index in [-0.39, 0.29) is 23.5 Å². The molecule has 0 spiro atoms. The van der Waals surface area contributed by atoms with E-state index < -0.39 is 9.84 Å². The first-order valence-electron chi connectivity index (χ1n) is 6.80. The molecule has 1 fully saturated rings. The molecule has 1 aliphatic rings. The fourth-order valence-electron chi connectivity index (χ4n) is 2.26. The Balaban J connectivity index is 2.00. The van der Waals surface area contributed by atoms with Crippen LogP contribution < -0.4 is 11.1 Å².